The number of allylic oxidation sites excluding steroid dienone is 8. The lowest BCUT2D eigenvalue weighted by atomic mass is 10.0. The summed E-state index contributed by atoms with van der Waals surface area (Å²) in [5.41, 5.74) is 0. The predicted molar refractivity (Wildman–Crippen MR) is 270 cm³/mol. The number of rotatable bonds is 49. The number of ether oxygens (including phenoxy) is 3. The molecule has 0 N–H and O–H groups in total. The van der Waals surface area contributed by atoms with Crippen molar-refractivity contribution in [1.29, 1.82) is 0 Å². The number of hydrogen-bond donors (Lipinski definition) is 0. The van der Waals surface area contributed by atoms with Crippen LogP contribution in [-0.2, 0) is 28.6 Å². The zero-order valence-corrected chi connectivity index (χ0v) is 41.8. The zero-order valence-electron chi connectivity index (χ0n) is 41.8. The molecule has 63 heavy (non-hydrogen) atoms. The summed E-state index contributed by atoms with van der Waals surface area (Å²) >= 11 is 0. The van der Waals surface area contributed by atoms with Gasteiger partial charge in [0.2, 0.25) is 0 Å². The summed E-state index contributed by atoms with van der Waals surface area (Å²) < 4.78 is 16.8. The lowest BCUT2D eigenvalue weighted by Crippen LogP contribution is -2.30. The van der Waals surface area contributed by atoms with Crippen LogP contribution in [0, 0.1) is 0 Å². The van der Waals surface area contributed by atoms with Crippen molar-refractivity contribution in [2.45, 2.75) is 284 Å². The van der Waals surface area contributed by atoms with Crippen LogP contribution in [0.3, 0.4) is 0 Å². The first-order valence-corrected chi connectivity index (χ1v) is 27.1. The Morgan fingerprint density at radius 3 is 0.905 bits per heavy atom. The number of carbonyl (C=O) groups is 3. The molecule has 0 aromatic heterocycles. The van der Waals surface area contributed by atoms with Gasteiger partial charge in [-0.2, -0.15) is 0 Å². The third kappa shape index (κ3) is 50.2. The highest BCUT2D eigenvalue weighted by Crippen LogP contribution is 2.15. The minimum absolute atomic E-state index is 0.0795. The molecule has 6 heteroatoms. The van der Waals surface area contributed by atoms with Gasteiger partial charge in [0.1, 0.15) is 13.2 Å². The first-order chi connectivity index (χ1) is 31.0. The molecule has 0 rings (SSSR count). The Labute approximate surface area is 390 Å². The molecular formula is C57H102O6. The van der Waals surface area contributed by atoms with Gasteiger partial charge in [-0.3, -0.25) is 14.4 Å². The number of esters is 3. The van der Waals surface area contributed by atoms with Gasteiger partial charge >= 0.3 is 17.9 Å². The summed E-state index contributed by atoms with van der Waals surface area (Å²) in [5.74, 6) is -0.890. The zero-order chi connectivity index (χ0) is 45.8. The third-order valence-corrected chi connectivity index (χ3v) is 11.8. The fourth-order valence-corrected chi connectivity index (χ4v) is 7.68. The molecular weight excluding hydrogens is 781 g/mol. The quantitative estimate of drug-likeness (QED) is 0.0262. The molecule has 0 amide bonds. The largest absolute Gasteiger partial charge is 0.462 e. The van der Waals surface area contributed by atoms with E-state index in [1.54, 1.807) is 0 Å². The van der Waals surface area contributed by atoms with Crippen LogP contribution in [-0.4, -0.2) is 37.2 Å². The minimum Gasteiger partial charge on any atom is -0.462 e. The van der Waals surface area contributed by atoms with Crippen LogP contribution in [0.5, 0.6) is 0 Å². The van der Waals surface area contributed by atoms with Crippen LogP contribution < -0.4 is 0 Å². The van der Waals surface area contributed by atoms with Gasteiger partial charge in [-0.05, 0) is 83.5 Å². The van der Waals surface area contributed by atoms with Gasteiger partial charge in [0.25, 0.3) is 0 Å². The van der Waals surface area contributed by atoms with Crippen molar-refractivity contribution in [3.63, 3.8) is 0 Å². The van der Waals surface area contributed by atoms with Crippen LogP contribution in [0.4, 0.5) is 0 Å². The topological polar surface area (TPSA) is 78.9 Å². The molecule has 0 saturated carbocycles. The van der Waals surface area contributed by atoms with E-state index >= 15 is 0 Å². The van der Waals surface area contributed by atoms with Crippen molar-refractivity contribution < 1.29 is 28.6 Å². The lowest BCUT2D eigenvalue weighted by molar-refractivity contribution is -0.167. The molecule has 0 heterocycles. The Morgan fingerprint density at radius 1 is 0.317 bits per heavy atom. The molecule has 6 nitrogen and oxygen atoms in total. The molecule has 0 aliphatic rings. The predicted octanol–water partition coefficient (Wildman–Crippen LogP) is 17.9. The van der Waals surface area contributed by atoms with E-state index in [4.69, 9.17) is 14.2 Å². The van der Waals surface area contributed by atoms with E-state index in [0.29, 0.717) is 19.3 Å². The van der Waals surface area contributed by atoms with Crippen LogP contribution in [0.15, 0.2) is 48.6 Å². The average molecular weight is 883 g/mol. The summed E-state index contributed by atoms with van der Waals surface area (Å²) in [4.78, 5) is 38.0. The second-order valence-corrected chi connectivity index (χ2v) is 18.1. The molecule has 0 aliphatic carbocycles. The van der Waals surface area contributed by atoms with E-state index in [0.717, 1.165) is 89.9 Å². The van der Waals surface area contributed by atoms with E-state index in [1.807, 2.05) is 0 Å². The third-order valence-electron chi connectivity index (χ3n) is 11.8. The maximum atomic E-state index is 12.8. The van der Waals surface area contributed by atoms with E-state index in [2.05, 4.69) is 69.4 Å². The normalized spacial score (nSPS) is 12.4. The molecule has 0 saturated heterocycles. The fourth-order valence-electron chi connectivity index (χ4n) is 7.68. The van der Waals surface area contributed by atoms with Gasteiger partial charge in [-0.15, -0.1) is 0 Å². The van der Waals surface area contributed by atoms with Crippen molar-refractivity contribution >= 4 is 17.9 Å². The van der Waals surface area contributed by atoms with Crippen molar-refractivity contribution in [2.24, 2.45) is 0 Å². The molecule has 366 valence electrons. The molecule has 0 spiro atoms. The molecule has 0 fully saturated rings. The lowest BCUT2D eigenvalue weighted by Gasteiger charge is -2.18. The second kappa shape index (κ2) is 52.0. The van der Waals surface area contributed by atoms with Crippen molar-refractivity contribution in [3.05, 3.63) is 48.6 Å². The summed E-state index contributed by atoms with van der Waals surface area (Å²) in [7, 11) is 0. The van der Waals surface area contributed by atoms with Gasteiger partial charge in [0.15, 0.2) is 6.10 Å². The second-order valence-electron chi connectivity index (χ2n) is 18.1. The first kappa shape index (κ1) is 60.4. The monoisotopic (exact) mass is 883 g/mol. The Kier molecular flexibility index (Phi) is 49.8. The highest BCUT2D eigenvalue weighted by molar-refractivity contribution is 5.71. The summed E-state index contributed by atoms with van der Waals surface area (Å²) in [6.45, 7) is 6.59. The van der Waals surface area contributed by atoms with E-state index < -0.39 is 6.10 Å². The average Bonchev–Trinajstić information content (AvgIpc) is 3.28. The number of carbonyl (C=O) groups excluding carboxylic acids is 3. The molecule has 0 aliphatic heterocycles. The maximum Gasteiger partial charge on any atom is 0.306 e. The van der Waals surface area contributed by atoms with Crippen molar-refractivity contribution in [2.75, 3.05) is 13.2 Å². The molecule has 0 aromatic carbocycles. The van der Waals surface area contributed by atoms with Crippen LogP contribution in [0.2, 0.25) is 0 Å². The molecule has 0 aromatic rings. The Morgan fingerprint density at radius 2 is 0.571 bits per heavy atom. The highest BCUT2D eigenvalue weighted by atomic mass is 16.6. The van der Waals surface area contributed by atoms with E-state index in [9.17, 15) is 14.4 Å². The summed E-state index contributed by atoms with van der Waals surface area (Å²) in [6, 6.07) is 0. The van der Waals surface area contributed by atoms with Crippen LogP contribution in [0.25, 0.3) is 0 Å². The van der Waals surface area contributed by atoms with Gasteiger partial charge in [-0.25, -0.2) is 0 Å². The van der Waals surface area contributed by atoms with Crippen molar-refractivity contribution in [1.82, 2.24) is 0 Å². The SMILES string of the molecule is CCCCCC=CCC=CCCCCCCCCCC(=O)OCC(COC(=O)CCCCCCCC=CCC=CCCCCC)OC(=O)CCCCCCCCCCCCCCC. The van der Waals surface area contributed by atoms with Crippen LogP contribution in [0.1, 0.15) is 278 Å². The maximum absolute atomic E-state index is 12.8. The van der Waals surface area contributed by atoms with Gasteiger partial charge < -0.3 is 14.2 Å². The standard InChI is InChI=1S/C57H102O6/c1-4-7-10-13-16-19-22-25-27-28-30-33-35-38-41-44-47-50-56(59)62-53-54(63-57(60)51-48-45-42-39-36-31-24-21-18-15-12-9-6-3)52-61-55(58)49-46-43-40-37-34-32-29-26-23-20-17-14-11-8-5-2/h16-17,19-20,25-27,29,54H,4-15,18,21-24,28,30-53H2,1-3H3. The molecule has 1 atom stereocenters. The molecule has 1 unspecified atom stereocenters. The molecule has 0 bridgehead atoms. The Balaban J connectivity index is 4.38. The van der Waals surface area contributed by atoms with Gasteiger partial charge in [0.05, 0.1) is 0 Å². The minimum atomic E-state index is -0.779. The number of hydrogen-bond acceptors (Lipinski definition) is 6. The van der Waals surface area contributed by atoms with Crippen LogP contribution >= 0.6 is 0 Å². The Hall–Kier alpha value is -2.63. The van der Waals surface area contributed by atoms with E-state index in [1.165, 1.54) is 148 Å². The summed E-state index contributed by atoms with van der Waals surface area (Å²) in [5, 5.41) is 0. The highest BCUT2D eigenvalue weighted by Gasteiger charge is 2.19. The summed E-state index contributed by atoms with van der Waals surface area (Å²) in [6.07, 6.45) is 62.3. The first-order valence-electron chi connectivity index (χ1n) is 27.1. The Bertz CT molecular complexity index is 1110. The molecule has 0 radical (unpaired) electrons. The van der Waals surface area contributed by atoms with Crippen molar-refractivity contribution in [3.8, 4) is 0 Å². The van der Waals surface area contributed by atoms with Gasteiger partial charge in [-0.1, -0.05) is 223 Å². The van der Waals surface area contributed by atoms with E-state index in [-0.39, 0.29) is 31.1 Å². The smallest absolute Gasteiger partial charge is 0.306 e. The van der Waals surface area contributed by atoms with Gasteiger partial charge in [0, 0.05) is 19.3 Å². The fraction of sp³-hybridized carbons (Fsp3) is 0.807. The number of unbranched alkanes of at least 4 members (excludes halogenated alkanes) is 30.